The average Bonchev–Trinajstić information content (AvgIpc) is 2.94. The van der Waals surface area contributed by atoms with E-state index in [0.717, 1.165) is 23.4 Å². The minimum atomic E-state index is -0.176. The first-order valence-electron chi connectivity index (χ1n) is 7.07. The topological polar surface area (TPSA) is 32.3 Å². The Hall–Kier alpha value is -1.65. The highest BCUT2D eigenvalue weighted by Gasteiger charge is 2.19. The van der Waals surface area contributed by atoms with Crippen molar-refractivity contribution < 1.29 is 4.79 Å². The highest BCUT2D eigenvalue weighted by molar-refractivity contribution is 7.07. The molecule has 3 nitrogen and oxygen atoms in total. The lowest BCUT2D eigenvalue weighted by Crippen LogP contribution is -2.39. The lowest BCUT2D eigenvalue weighted by Gasteiger charge is -2.24. The molecule has 2 rings (SSSR count). The van der Waals surface area contributed by atoms with Crippen LogP contribution in [0.15, 0.2) is 35.0 Å². The number of anilines is 1. The molecule has 1 aromatic carbocycles. The van der Waals surface area contributed by atoms with E-state index < -0.39 is 0 Å². The summed E-state index contributed by atoms with van der Waals surface area (Å²) in [5, 5.41) is 7.21. The van der Waals surface area contributed by atoms with Gasteiger partial charge in [0, 0.05) is 12.2 Å². The van der Waals surface area contributed by atoms with E-state index in [0.29, 0.717) is 0 Å². The van der Waals surface area contributed by atoms with Crippen molar-refractivity contribution in [1.82, 2.24) is 4.90 Å². The summed E-state index contributed by atoms with van der Waals surface area (Å²) < 4.78 is 0. The monoisotopic (exact) mass is 302 g/mol. The number of benzene rings is 1. The third-order valence-corrected chi connectivity index (χ3v) is 4.44. The lowest BCUT2D eigenvalue weighted by molar-refractivity contribution is -0.120. The Balaban J connectivity index is 2.00. The van der Waals surface area contributed by atoms with Crippen molar-refractivity contribution >= 4 is 22.9 Å². The SMILES string of the molecule is Cc1ccc(C)c(NC(=O)[C@@H](C)N(C)Cc2ccsc2)c1. The third-order valence-electron chi connectivity index (χ3n) is 3.70. The minimum Gasteiger partial charge on any atom is -0.324 e. The standard InChI is InChI=1S/C17H22N2OS/c1-12-5-6-13(2)16(9-12)18-17(20)14(3)19(4)10-15-7-8-21-11-15/h5-9,11,14H,10H2,1-4H3,(H,18,20)/t14-/m1/s1. The van der Waals surface area contributed by atoms with Gasteiger partial charge < -0.3 is 5.32 Å². The van der Waals surface area contributed by atoms with Gasteiger partial charge in [0.2, 0.25) is 5.91 Å². The Morgan fingerprint density at radius 1 is 1.33 bits per heavy atom. The number of aryl methyl sites for hydroxylation is 2. The van der Waals surface area contributed by atoms with E-state index >= 15 is 0 Å². The van der Waals surface area contributed by atoms with Crippen LogP contribution in [0.3, 0.4) is 0 Å². The van der Waals surface area contributed by atoms with Crippen LogP contribution in [0.25, 0.3) is 0 Å². The molecular weight excluding hydrogens is 280 g/mol. The van der Waals surface area contributed by atoms with E-state index in [1.807, 2.05) is 40.0 Å². The number of thiophene rings is 1. The Kier molecular flexibility index (Phi) is 5.15. The van der Waals surface area contributed by atoms with Gasteiger partial charge >= 0.3 is 0 Å². The maximum atomic E-state index is 12.4. The predicted octanol–water partition coefficient (Wildman–Crippen LogP) is 3.82. The molecule has 2 aromatic rings. The molecule has 0 spiro atoms. The zero-order chi connectivity index (χ0) is 15.4. The molecule has 1 aromatic heterocycles. The van der Waals surface area contributed by atoms with Crippen LogP contribution in [0.5, 0.6) is 0 Å². The fourth-order valence-electron chi connectivity index (χ4n) is 2.12. The van der Waals surface area contributed by atoms with Gasteiger partial charge in [0.25, 0.3) is 0 Å². The fourth-order valence-corrected chi connectivity index (χ4v) is 2.78. The second-order valence-corrected chi connectivity index (χ2v) is 6.31. The molecule has 112 valence electrons. The van der Waals surface area contributed by atoms with Crippen LogP contribution >= 0.6 is 11.3 Å². The van der Waals surface area contributed by atoms with Gasteiger partial charge in [0.1, 0.15) is 0 Å². The number of hydrogen-bond acceptors (Lipinski definition) is 3. The summed E-state index contributed by atoms with van der Waals surface area (Å²) in [6.45, 7) is 6.76. The van der Waals surface area contributed by atoms with Gasteiger partial charge in [-0.05, 0) is 67.4 Å². The first kappa shape index (κ1) is 15.7. The molecule has 0 fully saturated rings. The van der Waals surface area contributed by atoms with Crippen LogP contribution in [-0.2, 0) is 11.3 Å². The second-order valence-electron chi connectivity index (χ2n) is 5.53. The number of nitrogens with one attached hydrogen (secondary N) is 1. The highest BCUT2D eigenvalue weighted by atomic mass is 32.1. The number of nitrogens with zero attached hydrogens (tertiary/aromatic N) is 1. The number of carbonyl (C=O) groups excluding carboxylic acids is 1. The average molecular weight is 302 g/mol. The van der Waals surface area contributed by atoms with Crippen LogP contribution in [0.1, 0.15) is 23.6 Å². The molecule has 0 aliphatic carbocycles. The molecule has 21 heavy (non-hydrogen) atoms. The maximum absolute atomic E-state index is 12.4. The Morgan fingerprint density at radius 3 is 2.76 bits per heavy atom. The molecule has 1 atom stereocenters. The van der Waals surface area contributed by atoms with Crippen LogP contribution in [0.2, 0.25) is 0 Å². The third kappa shape index (κ3) is 4.16. The predicted molar refractivity (Wildman–Crippen MR) is 89.8 cm³/mol. The number of hydrogen-bond donors (Lipinski definition) is 1. The van der Waals surface area contributed by atoms with Crippen molar-refractivity contribution in [3.8, 4) is 0 Å². The van der Waals surface area contributed by atoms with Crippen LogP contribution < -0.4 is 5.32 Å². The zero-order valence-electron chi connectivity index (χ0n) is 13.0. The van der Waals surface area contributed by atoms with Crippen molar-refractivity contribution in [3.63, 3.8) is 0 Å². The van der Waals surface area contributed by atoms with E-state index in [2.05, 4.69) is 33.1 Å². The summed E-state index contributed by atoms with van der Waals surface area (Å²) in [5.41, 5.74) is 4.38. The quantitative estimate of drug-likeness (QED) is 0.910. The van der Waals surface area contributed by atoms with E-state index in [-0.39, 0.29) is 11.9 Å². The molecule has 0 aliphatic rings. The van der Waals surface area contributed by atoms with Crippen molar-refractivity contribution in [2.45, 2.75) is 33.4 Å². The van der Waals surface area contributed by atoms with Gasteiger partial charge in [-0.3, -0.25) is 9.69 Å². The minimum absolute atomic E-state index is 0.0291. The van der Waals surface area contributed by atoms with Gasteiger partial charge in [-0.25, -0.2) is 0 Å². The second kappa shape index (κ2) is 6.87. The summed E-state index contributed by atoms with van der Waals surface area (Å²) >= 11 is 1.68. The van der Waals surface area contributed by atoms with Crippen molar-refractivity contribution in [1.29, 1.82) is 0 Å². The fraction of sp³-hybridized carbons (Fsp3) is 0.353. The molecule has 4 heteroatoms. The molecule has 1 N–H and O–H groups in total. The molecule has 0 saturated carbocycles. The van der Waals surface area contributed by atoms with Gasteiger partial charge in [-0.2, -0.15) is 11.3 Å². The van der Waals surface area contributed by atoms with Crippen LogP contribution in [-0.4, -0.2) is 23.9 Å². The Morgan fingerprint density at radius 2 is 2.10 bits per heavy atom. The van der Waals surface area contributed by atoms with E-state index in [9.17, 15) is 4.79 Å². The number of carbonyl (C=O) groups is 1. The van der Waals surface area contributed by atoms with Crippen LogP contribution in [0, 0.1) is 13.8 Å². The highest BCUT2D eigenvalue weighted by Crippen LogP contribution is 2.17. The van der Waals surface area contributed by atoms with Gasteiger partial charge in [0.15, 0.2) is 0 Å². The van der Waals surface area contributed by atoms with E-state index in [4.69, 9.17) is 0 Å². The first-order valence-corrected chi connectivity index (χ1v) is 8.01. The maximum Gasteiger partial charge on any atom is 0.241 e. The van der Waals surface area contributed by atoms with E-state index in [1.54, 1.807) is 11.3 Å². The summed E-state index contributed by atoms with van der Waals surface area (Å²) in [6, 6.07) is 8.02. The molecule has 0 saturated heterocycles. The lowest BCUT2D eigenvalue weighted by atomic mass is 10.1. The number of amides is 1. The first-order chi connectivity index (χ1) is 9.97. The van der Waals surface area contributed by atoms with Crippen molar-refractivity contribution in [2.24, 2.45) is 0 Å². The summed E-state index contributed by atoms with van der Waals surface area (Å²) in [7, 11) is 1.98. The molecule has 1 heterocycles. The van der Waals surface area contributed by atoms with Crippen molar-refractivity contribution in [3.05, 3.63) is 51.7 Å². The van der Waals surface area contributed by atoms with E-state index in [1.165, 1.54) is 5.56 Å². The van der Waals surface area contributed by atoms with Gasteiger partial charge in [-0.1, -0.05) is 12.1 Å². The summed E-state index contributed by atoms with van der Waals surface area (Å²) in [6.07, 6.45) is 0. The number of rotatable bonds is 5. The Bertz CT molecular complexity index is 607. The van der Waals surface area contributed by atoms with Gasteiger partial charge in [0.05, 0.1) is 6.04 Å². The molecule has 0 radical (unpaired) electrons. The number of likely N-dealkylation sites (N-methyl/N-ethyl adjacent to an activating group) is 1. The Labute approximate surface area is 130 Å². The molecule has 0 aliphatic heterocycles. The van der Waals surface area contributed by atoms with Crippen LogP contribution in [0.4, 0.5) is 5.69 Å². The molecule has 0 bridgehead atoms. The van der Waals surface area contributed by atoms with Crippen molar-refractivity contribution in [2.75, 3.05) is 12.4 Å². The summed E-state index contributed by atoms with van der Waals surface area (Å²) in [5.74, 6) is 0.0291. The molecule has 0 unspecified atom stereocenters. The van der Waals surface area contributed by atoms with Gasteiger partial charge in [-0.15, -0.1) is 0 Å². The zero-order valence-corrected chi connectivity index (χ0v) is 13.8. The smallest absolute Gasteiger partial charge is 0.241 e. The molecular formula is C17H22N2OS. The summed E-state index contributed by atoms with van der Waals surface area (Å²) in [4.78, 5) is 14.5. The largest absolute Gasteiger partial charge is 0.324 e. The normalized spacial score (nSPS) is 12.4. The molecule has 1 amide bonds.